The summed E-state index contributed by atoms with van der Waals surface area (Å²) in [6, 6.07) is 9.99. The lowest BCUT2D eigenvalue weighted by atomic mass is 9.96. The molecule has 1 aromatic carbocycles. The summed E-state index contributed by atoms with van der Waals surface area (Å²) in [7, 11) is 0. The molecule has 2 heterocycles. The summed E-state index contributed by atoms with van der Waals surface area (Å²) in [6.45, 7) is 7.84. The summed E-state index contributed by atoms with van der Waals surface area (Å²) in [5, 5.41) is 13.8. The van der Waals surface area contributed by atoms with Gasteiger partial charge in [-0.3, -0.25) is 9.48 Å². The zero-order valence-corrected chi connectivity index (χ0v) is 16.2. The van der Waals surface area contributed by atoms with Crippen molar-refractivity contribution >= 4 is 11.9 Å². The molecule has 3 rings (SSSR count). The van der Waals surface area contributed by atoms with Crippen LogP contribution in [0.5, 0.6) is 0 Å². The lowest BCUT2D eigenvalue weighted by Crippen LogP contribution is -2.37. The van der Waals surface area contributed by atoms with Crippen molar-refractivity contribution in [2.45, 2.75) is 52.6 Å². The molecule has 1 aromatic heterocycles. The van der Waals surface area contributed by atoms with E-state index in [0.29, 0.717) is 44.0 Å². The van der Waals surface area contributed by atoms with Gasteiger partial charge in [-0.25, -0.2) is 4.79 Å². The van der Waals surface area contributed by atoms with E-state index in [0.717, 1.165) is 11.3 Å². The molecule has 1 unspecified atom stereocenters. The number of hydrogen-bond donors (Lipinski definition) is 1. The van der Waals surface area contributed by atoms with Crippen molar-refractivity contribution < 1.29 is 14.7 Å². The number of carboxylic acids is 1. The maximum Gasteiger partial charge on any atom is 0.356 e. The second-order valence-electron chi connectivity index (χ2n) is 7.74. The summed E-state index contributed by atoms with van der Waals surface area (Å²) < 4.78 is 1.82. The van der Waals surface area contributed by atoms with Crippen LogP contribution in [-0.4, -0.2) is 38.2 Å². The molecule has 0 fully saturated rings. The third-order valence-corrected chi connectivity index (χ3v) is 5.08. The van der Waals surface area contributed by atoms with Crippen molar-refractivity contribution in [3.05, 3.63) is 52.8 Å². The normalized spacial score (nSPS) is 14.9. The van der Waals surface area contributed by atoms with Crippen LogP contribution in [0, 0.1) is 5.92 Å². The molecule has 144 valence electrons. The third-order valence-electron chi connectivity index (χ3n) is 5.08. The van der Waals surface area contributed by atoms with E-state index in [-0.39, 0.29) is 17.5 Å². The van der Waals surface area contributed by atoms with E-state index in [1.165, 1.54) is 0 Å². The minimum Gasteiger partial charge on any atom is -0.476 e. The van der Waals surface area contributed by atoms with Crippen molar-refractivity contribution in [1.82, 2.24) is 14.7 Å². The summed E-state index contributed by atoms with van der Waals surface area (Å²) in [6.07, 6.45) is 1.07. The van der Waals surface area contributed by atoms with Gasteiger partial charge in [-0.2, -0.15) is 5.10 Å². The molecule has 1 amide bonds. The SMILES string of the molecule is CC(C)Cn1nc(C(=O)O)c2c1CCN(C(=O)CC(C)c1ccccc1)C2. The van der Waals surface area contributed by atoms with Crippen LogP contribution < -0.4 is 0 Å². The number of aromatic nitrogens is 2. The molecule has 0 aliphatic carbocycles. The van der Waals surface area contributed by atoms with Gasteiger partial charge in [0.05, 0.1) is 0 Å². The average molecular weight is 369 g/mol. The number of carboxylic acid groups (broad SMARTS) is 1. The van der Waals surface area contributed by atoms with Gasteiger partial charge in [-0.05, 0) is 17.4 Å². The standard InChI is InChI=1S/C21H27N3O3/c1-14(2)12-24-18-9-10-23(13-17(18)20(22-24)21(26)27)19(25)11-15(3)16-7-5-4-6-8-16/h4-8,14-15H,9-13H2,1-3H3,(H,26,27). The third kappa shape index (κ3) is 4.21. The number of carbonyl (C=O) groups is 2. The Hall–Kier alpha value is -2.63. The number of carbonyl (C=O) groups excluding carboxylic acids is 1. The van der Waals surface area contributed by atoms with Crippen molar-refractivity contribution in [3.8, 4) is 0 Å². The topological polar surface area (TPSA) is 75.4 Å². The second kappa shape index (κ2) is 7.94. The van der Waals surface area contributed by atoms with Crippen molar-refractivity contribution in [1.29, 1.82) is 0 Å². The first-order chi connectivity index (χ1) is 12.9. The van der Waals surface area contributed by atoms with E-state index in [2.05, 4.69) is 18.9 Å². The first-order valence-corrected chi connectivity index (χ1v) is 9.51. The molecule has 0 bridgehead atoms. The first kappa shape index (κ1) is 19.1. The maximum absolute atomic E-state index is 12.8. The fourth-order valence-corrected chi connectivity index (χ4v) is 3.66. The maximum atomic E-state index is 12.8. The highest BCUT2D eigenvalue weighted by Gasteiger charge is 2.30. The van der Waals surface area contributed by atoms with Gasteiger partial charge in [0, 0.05) is 43.7 Å². The van der Waals surface area contributed by atoms with E-state index in [1.807, 2.05) is 41.9 Å². The molecule has 0 saturated carbocycles. The van der Waals surface area contributed by atoms with E-state index >= 15 is 0 Å². The van der Waals surface area contributed by atoms with Crippen molar-refractivity contribution in [2.75, 3.05) is 6.54 Å². The van der Waals surface area contributed by atoms with Crippen molar-refractivity contribution in [3.63, 3.8) is 0 Å². The summed E-state index contributed by atoms with van der Waals surface area (Å²) in [5.41, 5.74) is 2.87. The number of rotatable bonds is 6. The Morgan fingerprint density at radius 2 is 1.89 bits per heavy atom. The van der Waals surface area contributed by atoms with Crippen LogP contribution in [0.1, 0.15) is 60.4 Å². The first-order valence-electron chi connectivity index (χ1n) is 9.51. The van der Waals surface area contributed by atoms with Gasteiger partial charge < -0.3 is 10.0 Å². The number of benzene rings is 1. The van der Waals surface area contributed by atoms with Crippen molar-refractivity contribution in [2.24, 2.45) is 5.92 Å². The van der Waals surface area contributed by atoms with Crippen LogP contribution in [0.3, 0.4) is 0 Å². The predicted molar refractivity (Wildman–Crippen MR) is 103 cm³/mol. The number of aromatic carboxylic acids is 1. The van der Waals surface area contributed by atoms with Gasteiger partial charge in [0.25, 0.3) is 0 Å². The summed E-state index contributed by atoms with van der Waals surface area (Å²) in [4.78, 5) is 26.2. The van der Waals surface area contributed by atoms with Crippen LogP contribution in [0.15, 0.2) is 30.3 Å². The molecular weight excluding hydrogens is 342 g/mol. The highest BCUT2D eigenvalue weighted by Crippen LogP contribution is 2.26. The summed E-state index contributed by atoms with van der Waals surface area (Å²) >= 11 is 0. The zero-order chi connectivity index (χ0) is 19.6. The molecule has 6 nitrogen and oxygen atoms in total. The van der Waals surface area contributed by atoms with E-state index in [1.54, 1.807) is 4.90 Å². The van der Waals surface area contributed by atoms with Gasteiger partial charge in [-0.15, -0.1) is 0 Å². The number of hydrogen-bond acceptors (Lipinski definition) is 3. The van der Waals surface area contributed by atoms with Gasteiger partial charge in [0.2, 0.25) is 5.91 Å². The molecular formula is C21H27N3O3. The molecule has 0 spiro atoms. The second-order valence-corrected chi connectivity index (χ2v) is 7.74. The van der Waals surface area contributed by atoms with E-state index in [9.17, 15) is 14.7 Å². The average Bonchev–Trinajstić information content (AvgIpc) is 2.99. The van der Waals surface area contributed by atoms with E-state index in [4.69, 9.17) is 0 Å². The Morgan fingerprint density at radius 1 is 1.19 bits per heavy atom. The minimum atomic E-state index is -1.03. The zero-order valence-electron chi connectivity index (χ0n) is 16.2. The molecule has 1 atom stereocenters. The highest BCUT2D eigenvalue weighted by atomic mass is 16.4. The molecule has 2 aromatic rings. The van der Waals surface area contributed by atoms with Crippen LogP contribution in [0.25, 0.3) is 0 Å². The summed E-state index contributed by atoms with van der Waals surface area (Å²) in [5.74, 6) is -0.463. The lowest BCUT2D eigenvalue weighted by Gasteiger charge is -2.29. The fraction of sp³-hybridized carbons (Fsp3) is 0.476. The monoisotopic (exact) mass is 369 g/mol. The highest BCUT2D eigenvalue weighted by molar-refractivity contribution is 5.88. The quantitative estimate of drug-likeness (QED) is 0.847. The molecule has 1 aliphatic heterocycles. The van der Waals surface area contributed by atoms with E-state index < -0.39 is 5.97 Å². The number of nitrogens with zero attached hydrogens (tertiary/aromatic N) is 3. The lowest BCUT2D eigenvalue weighted by molar-refractivity contribution is -0.132. The van der Waals surface area contributed by atoms with Gasteiger partial charge >= 0.3 is 5.97 Å². The van der Waals surface area contributed by atoms with Crippen LogP contribution >= 0.6 is 0 Å². The Balaban J connectivity index is 1.76. The minimum absolute atomic E-state index is 0.0601. The largest absolute Gasteiger partial charge is 0.476 e. The van der Waals surface area contributed by atoms with Gasteiger partial charge in [0.1, 0.15) is 0 Å². The Morgan fingerprint density at radius 3 is 2.52 bits per heavy atom. The number of amides is 1. The molecule has 27 heavy (non-hydrogen) atoms. The van der Waals surface area contributed by atoms with Gasteiger partial charge in [-0.1, -0.05) is 51.1 Å². The fourth-order valence-electron chi connectivity index (χ4n) is 3.66. The Bertz CT molecular complexity index is 827. The number of fused-ring (bicyclic) bond motifs is 1. The predicted octanol–water partition coefficient (Wildman–Crippen LogP) is 3.32. The van der Waals surface area contributed by atoms with Gasteiger partial charge in [0.15, 0.2) is 5.69 Å². The molecule has 1 aliphatic rings. The van der Waals surface area contributed by atoms with Crippen LogP contribution in [-0.2, 0) is 24.3 Å². The molecule has 0 saturated heterocycles. The molecule has 6 heteroatoms. The molecule has 0 radical (unpaired) electrons. The van der Waals surface area contributed by atoms with Crippen LogP contribution in [0.2, 0.25) is 0 Å². The smallest absolute Gasteiger partial charge is 0.356 e. The Kier molecular flexibility index (Phi) is 5.63. The Labute approximate surface area is 159 Å². The molecule has 1 N–H and O–H groups in total. The van der Waals surface area contributed by atoms with Crippen LogP contribution in [0.4, 0.5) is 0 Å².